The van der Waals surface area contributed by atoms with Crippen LogP contribution in [0, 0.1) is 5.92 Å². The lowest BCUT2D eigenvalue weighted by Crippen LogP contribution is -2.55. The zero-order chi connectivity index (χ0) is 17.0. The normalized spacial score (nSPS) is 21.7. The molecule has 1 aliphatic carbocycles. The van der Waals surface area contributed by atoms with Crippen molar-refractivity contribution in [3.05, 3.63) is 30.3 Å². The number of piperidine rings is 1. The van der Waals surface area contributed by atoms with Crippen LogP contribution in [0.4, 0.5) is 0 Å². The van der Waals surface area contributed by atoms with Gasteiger partial charge in [0.1, 0.15) is 0 Å². The van der Waals surface area contributed by atoms with Crippen molar-refractivity contribution in [2.45, 2.75) is 42.5 Å². The number of hydrogen-bond acceptors (Lipinski definition) is 4. The highest BCUT2D eigenvalue weighted by Gasteiger charge is 2.39. The molecule has 0 aromatic heterocycles. The minimum Gasteiger partial charge on any atom is -0.385 e. The van der Waals surface area contributed by atoms with Gasteiger partial charge >= 0.3 is 0 Å². The van der Waals surface area contributed by atoms with Gasteiger partial charge in [-0.2, -0.15) is 0 Å². The number of nitrogens with zero attached hydrogens (tertiary/aromatic N) is 1. The third-order valence-corrected chi connectivity index (χ3v) is 6.81. The predicted molar refractivity (Wildman–Crippen MR) is 94.4 cm³/mol. The molecule has 0 radical (unpaired) electrons. The van der Waals surface area contributed by atoms with Crippen molar-refractivity contribution in [3.63, 3.8) is 0 Å². The maximum Gasteiger partial charge on any atom is 0.241 e. The molecule has 134 valence electrons. The Morgan fingerprint density at radius 1 is 1.21 bits per heavy atom. The summed E-state index contributed by atoms with van der Waals surface area (Å²) in [5.41, 5.74) is -0.398. The summed E-state index contributed by atoms with van der Waals surface area (Å²) in [6.45, 7) is 3.65. The summed E-state index contributed by atoms with van der Waals surface area (Å²) in [6.07, 6.45) is 5.11. The van der Waals surface area contributed by atoms with Crippen LogP contribution in [0.5, 0.6) is 0 Å². The van der Waals surface area contributed by atoms with Crippen molar-refractivity contribution in [3.8, 4) is 0 Å². The lowest BCUT2D eigenvalue weighted by Gasteiger charge is -2.42. The average molecular weight is 353 g/mol. The van der Waals surface area contributed by atoms with Crippen LogP contribution in [-0.4, -0.2) is 52.2 Å². The third kappa shape index (κ3) is 4.57. The van der Waals surface area contributed by atoms with E-state index in [4.69, 9.17) is 4.74 Å². The van der Waals surface area contributed by atoms with Crippen LogP contribution in [0.15, 0.2) is 35.2 Å². The predicted octanol–water partition coefficient (Wildman–Crippen LogP) is 2.25. The molecule has 5 nitrogen and oxygen atoms in total. The Labute approximate surface area is 145 Å². The Morgan fingerprint density at radius 2 is 1.88 bits per heavy atom. The molecular formula is C18H28N2O3S. The highest BCUT2D eigenvalue weighted by molar-refractivity contribution is 7.89. The lowest BCUT2D eigenvalue weighted by atomic mass is 9.85. The zero-order valence-electron chi connectivity index (χ0n) is 14.4. The Balaban J connectivity index is 1.69. The van der Waals surface area contributed by atoms with E-state index in [2.05, 4.69) is 9.62 Å². The summed E-state index contributed by atoms with van der Waals surface area (Å²) in [4.78, 5) is 2.82. The second-order valence-electron chi connectivity index (χ2n) is 7.19. The Kier molecular flexibility index (Phi) is 5.59. The molecule has 1 saturated heterocycles. The van der Waals surface area contributed by atoms with Crippen LogP contribution < -0.4 is 4.72 Å². The maximum absolute atomic E-state index is 12.8. The summed E-state index contributed by atoms with van der Waals surface area (Å²) >= 11 is 0. The fourth-order valence-electron chi connectivity index (χ4n) is 3.47. The van der Waals surface area contributed by atoms with Crippen LogP contribution in [-0.2, 0) is 14.8 Å². The molecule has 24 heavy (non-hydrogen) atoms. The number of nitrogens with one attached hydrogen (secondary N) is 1. The fourth-order valence-corrected chi connectivity index (χ4v) is 4.98. The quantitative estimate of drug-likeness (QED) is 0.780. The number of sulfonamides is 1. The van der Waals surface area contributed by atoms with E-state index in [-0.39, 0.29) is 0 Å². The summed E-state index contributed by atoms with van der Waals surface area (Å²) in [5.74, 6) is 0.873. The largest absolute Gasteiger partial charge is 0.385 e. The van der Waals surface area contributed by atoms with Crippen LogP contribution in [0.3, 0.4) is 0 Å². The molecule has 1 saturated carbocycles. The van der Waals surface area contributed by atoms with Gasteiger partial charge < -0.3 is 9.64 Å². The van der Waals surface area contributed by atoms with Crippen LogP contribution in [0.1, 0.15) is 32.1 Å². The molecule has 6 heteroatoms. The molecule has 1 aromatic carbocycles. The van der Waals surface area contributed by atoms with E-state index >= 15 is 0 Å². The van der Waals surface area contributed by atoms with E-state index in [1.54, 1.807) is 31.4 Å². The van der Waals surface area contributed by atoms with Gasteiger partial charge in [-0.05, 0) is 63.2 Å². The number of benzene rings is 1. The highest BCUT2D eigenvalue weighted by atomic mass is 32.2. The molecule has 3 rings (SSSR count). The van der Waals surface area contributed by atoms with Gasteiger partial charge in [-0.15, -0.1) is 0 Å². The third-order valence-electron chi connectivity index (χ3n) is 5.22. The van der Waals surface area contributed by atoms with Crippen LogP contribution in [0.2, 0.25) is 0 Å². The first-order valence-electron chi connectivity index (χ1n) is 8.83. The van der Waals surface area contributed by atoms with Crippen molar-refractivity contribution in [2.75, 3.05) is 33.4 Å². The second-order valence-corrected chi connectivity index (χ2v) is 8.87. The Morgan fingerprint density at radius 3 is 2.46 bits per heavy atom. The fraction of sp³-hybridized carbons (Fsp3) is 0.667. The lowest BCUT2D eigenvalue weighted by molar-refractivity contribution is 0.105. The van der Waals surface area contributed by atoms with E-state index in [0.717, 1.165) is 31.8 Å². The number of ether oxygens (including phenoxy) is 1. The summed E-state index contributed by atoms with van der Waals surface area (Å²) in [5, 5.41) is 0. The van der Waals surface area contributed by atoms with Crippen LogP contribution in [0.25, 0.3) is 0 Å². The van der Waals surface area contributed by atoms with E-state index in [0.29, 0.717) is 17.9 Å². The molecule has 0 amide bonds. The first-order valence-corrected chi connectivity index (χ1v) is 10.3. The molecule has 2 aliphatic rings. The van der Waals surface area contributed by atoms with Gasteiger partial charge in [0.2, 0.25) is 10.0 Å². The number of hydrogen-bond donors (Lipinski definition) is 1. The van der Waals surface area contributed by atoms with Crippen LogP contribution >= 0.6 is 0 Å². The summed E-state index contributed by atoms with van der Waals surface area (Å²) in [6, 6.07) is 8.64. The van der Waals surface area contributed by atoms with Crippen molar-refractivity contribution in [1.29, 1.82) is 0 Å². The molecule has 1 aromatic rings. The highest BCUT2D eigenvalue weighted by Crippen LogP contribution is 2.33. The number of rotatable bonds is 8. The number of methoxy groups -OCH3 is 1. The molecular weight excluding hydrogens is 324 g/mol. The van der Waals surface area contributed by atoms with E-state index in [1.807, 2.05) is 6.07 Å². The van der Waals surface area contributed by atoms with Crippen molar-refractivity contribution in [1.82, 2.24) is 9.62 Å². The maximum atomic E-state index is 12.8. The Bertz CT molecular complexity index is 621. The molecule has 0 unspecified atom stereocenters. The molecule has 1 heterocycles. The first-order chi connectivity index (χ1) is 11.5. The standard InChI is InChI=1S/C18H28N2O3S/c1-23-14-11-18(9-12-20(13-10-18)15-16-7-8-16)19-24(21,22)17-5-3-2-4-6-17/h2-6,16,19H,7-15H2,1H3. The van der Waals surface area contributed by atoms with Gasteiger partial charge in [0.15, 0.2) is 0 Å². The van der Waals surface area contributed by atoms with Gasteiger partial charge in [-0.3, -0.25) is 0 Å². The first kappa shape index (κ1) is 17.9. The Hall–Kier alpha value is -0.950. The molecule has 0 spiro atoms. The summed E-state index contributed by atoms with van der Waals surface area (Å²) < 4.78 is 33.8. The van der Waals surface area contributed by atoms with E-state index in [9.17, 15) is 8.42 Å². The topological polar surface area (TPSA) is 58.6 Å². The monoisotopic (exact) mass is 352 g/mol. The molecule has 0 bridgehead atoms. The van der Waals surface area contributed by atoms with Gasteiger partial charge in [0.25, 0.3) is 0 Å². The number of likely N-dealkylation sites (tertiary alicyclic amines) is 1. The van der Waals surface area contributed by atoms with Crippen molar-refractivity contribution < 1.29 is 13.2 Å². The second kappa shape index (κ2) is 7.52. The minimum absolute atomic E-state index is 0.335. The van der Waals surface area contributed by atoms with E-state index in [1.165, 1.54) is 19.4 Å². The molecule has 1 aliphatic heterocycles. The summed E-state index contributed by atoms with van der Waals surface area (Å²) in [7, 11) is -1.83. The molecule has 1 N–H and O–H groups in total. The van der Waals surface area contributed by atoms with Gasteiger partial charge in [-0.25, -0.2) is 13.1 Å². The average Bonchev–Trinajstić information content (AvgIpc) is 3.40. The molecule has 2 fully saturated rings. The smallest absolute Gasteiger partial charge is 0.241 e. The van der Waals surface area contributed by atoms with Crippen molar-refractivity contribution in [2.24, 2.45) is 5.92 Å². The van der Waals surface area contributed by atoms with Gasteiger partial charge in [0, 0.05) is 25.8 Å². The van der Waals surface area contributed by atoms with Crippen molar-refractivity contribution >= 4 is 10.0 Å². The SMILES string of the molecule is COCCC1(NS(=O)(=O)c2ccccc2)CCN(CC2CC2)CC1. The van der Waals surface area contributed by atoms with Gasteiger partial charge in [0.05, 0.1) is 4.90 Å². The zero-order valence-corrected chi connectivity index (χ0v) is 15.2. The van der Waals surface area contributed by atoms with Gasteiger partial charge in [-0.1, -0.05) is 18.2 Å². The minimum atomic E-state index is -3.50. The molecule has 0 atom stereocenters. The van der Waals surface area contributed by atoms with E-state index < -0.39 is 15.6 Å².